The number of benzene rings is 1. The Hall–Kier alpha value is -2.76. The van der Waals surface area contributed by atoms with Gasteiger partial charge in [0.05, 0.1) is 28.5 Å². The van der Waals surface area contributed by atoms with Crippen LogP contribution in [0, 0.1) is 6.92 Å². The molecule has 0 saturated heterocycles. The van der Waals surface area contributed by atoms with Crippen molar-refractivity contribution in [2.24, 2.45) is 0 Å². The van der Waals surface area contributed by atoms with Crippen molar-refractivity contribution in [3.63, 3.8) is 0 Å². The molecule has 1 aromatic carbocycles. The van der Waals surface area contributed by atoms with E-state index in [0.29, 0.717) is 12.1 Å². The Balaban J connectivity index is 2.10. The molecular formula is C15H13N5O. The summed E-state index contributed by atoms with van der Waals surface area (Å²) in [4.78, 5) is 16.1. The highest BCUT2D eigenvalue weighted by molar-refractivity contribution is 5.93. The molecule has 0 bridgehead atoms. The average molecular weight is 279 g/mol. The van der Waals surface area contributed by atoms with Crippen LogP contribution in [-0.4, -0.2) is 30.3 Å². The van der Waals surface area contributed by atoms with Gasteiger partial charge in [0, 0.05) is 13.3 Å². The number of aromatic nitrogens is 5. The highest BCUT2D eigenvalue weighted by Crippen LogP contribution is 2.29. The summed E-state index contributed by atoms with van der Waals surface area (Å²) in [6.07, 6.45) is 2.29. The molecule has 0 N–H and O–H groups in total. The molecule has 21 heavy (non-hydrogen) atoms. The first-order valence-electron chi connectivity index (χ1n) is 6.75. The molecule has 0 atom stereocenters. The fourth-order valence-electron chi connectivity index (χ4n) is 2.82. The molecular weight excluding hydrogens is 266 g/mol. The first-order valence-corrected chi connectivity index (χ1v) is 6.75. The molecule has 1 aliphatic heterocycles. The van der Waals surface area contributed by atoms with E-state index in [1.165, 1.54) is 0 Å². The molecule has 104 valence electrons. The second-order valence-electron chi connectivity index (χ2n) is 5.16. The predicted octanol–water partition coefficient (Wildman–Crippen LogP) is 1.87. The SMILES string of the molecule is CC(=O)c1ncn2c1Cc1c(C)nnn1-c1ccccc1-2. The zero-order valence-electron chi connectivity index (χ0n) is 11.7. The number of aryl methyl sites for hydroxylation is 1. The van der Waals surface area contributed by atoms with Crippen molar-refractivity contribution in [2.75, 3.05) is 0 Å². The summed E-state index contributed by atoms with van der Waals surface area (Å²) in [5.74, 6) is -0.0280. The van der Waals surface area contributed by atoms with Crippen LogP contribution in [0.15, 0.2) is 30.6 Å². The number of nitrogens with zero attached hydrogens (tertiary/aromatic N) is 5. The van der Waals surface area contributed by atoms with Gasteiger partial charge in [0.15, 0.2) is 5.78 Å². The van der Waals surface area contributed by atoms with Crippen molar-refractivity contribution in [1.82, 2.24) is 24.5 Å². The van der Waals surface area contributed by atoms with Gasteiger partial charge in [0.2, 0.25) is 0 Å². The molecule has 0 radical (unpaired) electrons. The van der Waals surface area contributed by atoms with Crippen LogP contribution >= 0.6 is 0 Å². The average Bonchev–Trinajstić information content (AvgIpc) is 3.01. The van der Waals surface area contributed by atoms with Crippen molar-refractivity contribution in [1.29, 1.82) is 0 Å². The molecule has 0 saturated carbocycles. The second kappa shape index (κ2) is 4.12. The van der Waals surface area contributed by atoms with Crippen molar-refractivity contribution in [3.05, 3.63) is 53.4 Å². The van der Waals surface area contributed by atoms with E-state index >= 15 is 0 Å². The largest absolute Gasteiger partial charge is 0.300 e. The predicted molar refractivity (Wildman–Crippen MR) is 76.0 cm³/mol. The van der Waals surface area contributed by atoms with Gasteiger partial charge in [-0.2, -0.15) is 0 Å². The van der Waals surface area contributed by atoms with Gasteiger partial charge in [-0.3, -0.25) is 9.36 Å². The number of fused-ring (bicyclic) bond motifs is 5. The molecule has 3 aromatic rings. The molecule has 4 rings (SSSR count). The third-order valence-electron chi connectivity index (χ3n) is 3.86. The van der Waals surface area contributed by atoms with Crippen LogP contribution < -0.4 is 0 Å². The molecule has 1 aliphatic rings. The molecule has 3 heterocycles. The van der Waals surface area contributed by atoms with Gasteiger partial charge in [-0.05, 0) is 19.1 Å². The minimum atomic E-state index is -0.0280. The van der Waals surface area contributed by atoms with Gasteiger partial charge in [-0.15, -0.1) is 5.10 Å². The summed E-state index contributed by atoms with van der Waals surface area (Å²) < 4.78 is 3.82. The van der Waals surface area contributed by atoms with Crippen molar-refractivity contribution >= 4 is 5.78 Å². The van der Waals surface area contributed by atoms with Crippen LogP contribution in [-0.2, 0) is 6.42 Å². The molecule has 6 nitrogen and oxygen atoms in total. The third-order valence-corrected chi connectivity index (χ3v) is 3.86. The Morgan fingerprint density at radius 2 is 1.95 bits per heavy atom. The molecule has 0 spiro atoms. The van der Waals surface area contributed by atoms with E-state index in [0.717, 1.165) is 28.5 Å². The second-order valence-corrected chi connectivity index (χ2v) is 5.16. The zero-order valence-corrected chi connectivity index (χ0v) is 11.7. The minimum Gasteiger partial charge on any atom is -0.300 e. The van der Waals surface area contributed by atoms with Crippen LogP contribution in [0.4, 0.5) is 0 Å². The van der Waals surface area contributed by atoms with Crippen LogP contribution in [0.5, 0.6) is 0 Å². The maximum Gasteiger partial charge on any atom is 0.179 e. The van der Waals surface area contributed by atoms with Gasteiger partial charge in [0.25, 0.3) is 0 Å². The summed E-state index contributed by atoms with van der Waals surface area (Å²) in [6.45, 7) is 3.48. The lowest BCUT2D eigenvalue weighted by molar-refractivity contribution is 0.101. The van der Waals surface area contributed by atoms with Crippen LogP contribution in [0.25, 0.3) is 11.4 Å². The van der Waals surface area contributed by atoms with Crippen LogP contribution in [0.1, 0.15) is 34.5 Å². The van der Waals surface area contributed by atoms with E-state index in [1.54, 1.807) is 13.3 Å². The van der Waals surface area contributed by atoms with Gasteiger partial charge >= 0.3 is 0 Å². The third kappa shape index (κ3) is 1.59. The zero-order chi connectivity index (χ0) is 14.6. The topological polar surface area (TPSA) is 65.6 Å². The monoisotopic (exact) mass is 279 g/mol. The van der Waals surface area contributed by atoms with E-state index in [2.05, 4.69) is 15.3 Å². The first-order chi connectivity index (χ1) is 10.2. The molecule has 0 amide bonds. The Morgan fingerprint density at radius 1 is 1.19 bits per heavy atom. The summed E-state index contributed by atoms with van der Waals surface area (Å²) in [6, 6.07) is 7.92. The van der Waals surface area contributed by atoms with Crippen LogP contribution in [0.3, 0.4) is 0 Å². The number of Topliss-reactive ketones (excluding diaryl/α,β-unsaturated/α-hetero) is 1. The number of para-hydroxylation sites is 2. The molecule has 0 unspecified atom stereocenters. The number of hydrogen-bond donors (Lipinski definition) is 0. The normalized spacial score (nSPS) is 12.3. The fraction of sp³-hybridized carbons (Fsp3) is 0.200. The highest BCUT2D eigenvalue weighted by Gasteiger charge is 2.25. The smallest absolute Gasteiger partial charge is 0.179 e. The van der Waals surface area contributed by atoms with E-state index in [1.807, 2.05) is 40.4 Å². The van der Waals surface area contributed by atoms with E-state index < -0.39 is 0 Å². The lowest BCUT2D eigenvalue weighted by Gasteiger charge is -2.08. The fourth-order valence-corrected chi connectivity index (χ4v) is 2.82. The number of ketones is 1. The highest BCUT2D eigenvalue weighted by atomic mass is 16.1. The summed E-state index contributed by atoms with van der Waals surface area (Å²) in [5, 5.41) is 8.41. The molecule has 6 heteroatoms. The Labute approximate surface area is 121 Å². The quantitative estimate of drug-likeness (QED) is 0.499. The molecule has 2 aromatic heterocycles. The lowest BCUT2D eigenvalue weighted by atomic mass is 10.1. The summed E-state index contributed by atoms with van der Waals surface area (Å²) in [7, 11) is 0. The number of carbonyl (C=O) groups excluding carboxylic acids is 1. The standard InChI is InChI=1S/C15H13N5O/c1-9-13-7-14-15(10(2)21)16-8-19(14)11-5-3-4-6-12(11)20(13)18-17-9/h3-6,8H,7H2,1-2H3. The van der Waals surface area contributed by atoms with Crippen molar-refractivity contribution in [3.8, 4) is 11.4 Å². The van der Waals surface area contributed by atoms with E-state index in [4.69, 9.17) is 0 Å². The lowest BCUT2D eigenvalue weighted by Crippen LogP contribution is -2.05. The maximum atomic E-state index is 11.8. The Kier molecular flexibility index (Phi) is 2.35. The first kappa shape index (κ1) is 12.0. The van der Waals surface area contributed by atoms with Gasteiger partial charge < -0.3 is 0 Å². The molecule has 0 fully saturated rings. The minimum absolute atomic E-state index is 0.0280. The maximum absolute atomic E-state index is 11.8. The Morgan fingerprint density at radius 3 is 2.71 bits per heavy atom. The van der Waals surface area contributed by atoms with Crippen molar-refractivity contribution in [2.45, 2.75) is 20.3 Å². The van der Waals surface area contributed by atoms with Gasteiger partial charge in [0.1, 0.15) is 12.0 Å². The van der Waals surface area contributed by atoms with E-state index in [9.17, 15) is 4.79 Å². The number of carbonyl (C=O) groups is 1. The number of hydrogen-bond acceptors (Lipinski definition) is 4. The molecule has 0 aliphatic carbocycles. The van der Waals surface area contributed by atoms with Gasteiger partial charge in [-0.25, -0.2) is 9.67 Å². The Bertz CT molecular complexity index is 874. The van der Waals surface area contributed by atoms with Crippen molar-refractivity contribution < 1.29 is 4.79 Å². The van der Waals surface area contributed by atoms with E-state index in [-0.39, 0.29) is 5.78 Å². The number of rotatable bonds is 1. The number of imidazole rings is 1. The van der Waals surface area contributed by atoms with Gasteiger partial charge in [-0.1, -0.05) is 17.3 Å². The summed E-state index contributed by atoms with van der Waals surface area (Å²) in [5.41, 5.74) is 5.16. The van der Waals surface area contributed by atoms with Crippen LogP contribution in [0.2, 0.25) is 0 Å². The summed E-state index contributed by atoms with van der Waals surface area (Å²) >= 11 is 0.